The molecule has 1 aromatic rings. The summed E-state index contributed by atoms with van der Waals surface area (Å²) in [7, 11) is 1.31. The van der Waals surface area contributed by atoms with E-state index in [0.717, 1.165) is 18.4 Å². The number of benzene rings is 1. The van der Waals surface area contributed by atoms with E-state index in [1.807, 2.05) is 19.1 Å². The third-order valence-electron chi connectivity index (χ3n) is 2.92. The molecule has 0 aliphatic heterocycles. The molecule has 0 radical (unpaired) electrons. The highest BCUT2D eigenvalue weighted by Crippen LogP contribution is 2.16. The van der Waals surface area contributed by atoms with Crippen LogP contribution in [-0.4, -0.2) is 37.1 Å². The third-order valence-corrected chi connectivity index (χ3v) is 3.62. The Balaban J connectivity index is 2.42. The van der Waals surface area contributed by atoms with Gasteiger partial charge in [0.1, 0.15) is 10.6 Å². The van der Waals surface area contributed by atoms with Crippen molar-refractivity contribution in [2.45, 2.75) is 31.0 Å². The summed E-state index contributed by atoms with van der Waals surface area (Å²) in [6.07, 6.45) is 2.40. The minimum Gasteiger partial charge on any atom is -0.482 e. The minimum atomic E-state index is -0.431. The smallest absolute Gasteiger partial charge is 0.343 e. The predicted molar refractivity (Wildman–Crippen MR) is 86.2 cm³/mol. The van der Waals surface area contributed by atoms with Gasteiger partial charge in [0.2, 0.25) is 0 Å². The topological polar surface area (TPSA) is 61.8 Å². The molecule has 0 amide bonds. The van der Waals surface area contributed by atoms with E-state index < -0.39 is 5.97 Å². The first-order chi connectivity index (χ1) is 10.6. The number of hydrogen-bond donors (Lipinski definition) is 0. The number of alkyl halides is 1. The van der Waals surface area contributed by atoms with Crippen molar-refractivity contribution in [3.05, 3.63) is 29.8 Å². The van der Waals surface area contributed by atoms with Gasteiger partial charge in [-0.15, -0.1) is 0 Å². The Morgan fingerprint density at radius 1 is 1.23 bits per heavy atom. The van der Waals surface area contributed by atoms with Crippen LogP contribution in [-0.2, 0) is 25.5 Å². The molecule has 0 N–H and O–H groups in total. The molecular formula is C16H21BrO5. The van der Waals surface area contributed by atoms with E-state index in [9.17, 15) is 9.59 Å². The van der Waals surface area contributed by atoms with Crippen LogP contribution in [0.4, 0.5) is 0 Å². The number of methoxy groups -OCH3 is 1. The fourth-order valence-corrected chi connectivity index (χ4v) is 2.13. The van der Waals surface area contributed by atoms with E-state index in [1.54, 1.807) is 12.1 Å². The molecule has 0 saturated carbocycles. The van der Waals surface area contributed by atoms with Crippen LogP contribution in [0, 0.1) is 0 Å². The Kier molecular flexibility index (Phi) is 8.58. The molecule has 0 aliphatic rings. The lowest BCUT2D eigenvalue weighted by atomic mass is 10.1. The van der Waals surface area contributed by atoms with E-state index in [1.165, 1.54) is 7.11 Å². The first-order valence-corrected chi connectivity index (χ1v) is 8.07. The van der Waals surface area contributed by atoms with Gasteiger partial charge in [-0.3, -0.25) is 4.79 Å². The molecule has 0 aromatic heterocycles. The van der Waals surface area contributed by atoms with Crippen molar-refractivity contribution >= 4 is 27.9 Å². The predicted octanol–water partition coefficient (Wildman–Crippen LogP) is 2.89. The summed E-state index contributed by atoms with van der Waals surface area (Å²) in [6, 6.07) is 7.20. The zero-order chi connectivity index (χ0) is 16.4. The van der Waals surface area contributed by atoms with Crippen molar-refractivity contribution in [3.8, 4) is 5.75 Å². The zero-order valence-corrected chi connectivity index (χ0v) is 14.4. The maximum atomic E-state index is 11.8. The quantitative estimate of drug-likeness (QED) is 0.378. The van der Waals surface area contributed by atoms with Crippen molar-refractivity contribution < 1.29 is 23.8 Å². The number of ether oxygens (including phenoxy) is 3. The largest absolute Gasteiger partial charge is 0.482 e. The average Bonchev–Trinajstić information content (AvgIpc) is 2.53. The van der Waals surface area contributed by atoms with Gasteiger partial charge in [0.05, 0.1) is 13.7 Å². The van der Waals surface area contributed by atoms with E-state index in [2.05, 4.69) is 20.7 Å². The molecule has 0 saturated heterocycles. The Labute approximate surface area is 139 Å². The fraction of sp³-hybridized carbons (Fsp3) is 0.500. The molecule has 5 nitrogen and oxygen atoms in total. The normalized spacial score (nSPS) is 11.6. The summed E-state index contributed by atoms with van der Waals surface area (Å²) in [5.74, 6) is -0.107. The molecular weight excluding hydrogens is 352 g/mol. The summed E-state index contributed by atoms with van der Waals surface area (Å²) in [6.45, 7) is 2.38. The van der Waals surface area contributed by atoms with Gasteiger partial charge in [-0.2, -0.15) is 0 Å². The maximum Gasteiger partial charge on any atom is 0.343 e. The number of esters is 2. The molecule has 0 heterocycles. The lowest BCUT2D eigenvalue weighted by Gasteiger charge is -2.10. The van der Waals surface area contributed by atoms with Crippen LogP contribution in [0.2, 0.25) is 0 Å². The Morgan fingerprint density at radius 2 is 1.91 bits per heavy atom. The van der Waals surface area contributed by atoms with Crippen LogP contribution in [0.15, 0.2) is 24.3 Å². The molecule has 122 valence electrons. The number of hydrogen-bond acceptors (Lipinski definition) is 5. The second kappa shape index (κ2) is 10.2. The second-order valence-electron chi connectivity index (χ2n) is 4.70. The van der Waals surface area contributed by atoms with Gasteiger partial charge in [-0.1, -0.05) is 41.4 Å². The van der Waals surface area contributed by atoms with Crippen LogP contribution in [0.5, 0.6) is 5.75 Å². The van der Waals surface area contributed by atoms with Gasteiger partial charge in [-0.25, -0.2) is 4.79 Å². The maximum absolute atomic E-state index is 11.8. The molecule has 1 atom stereocenters. The first-order valence-electron chi connectivity index (χ1n) is 7.16. The highest BCUT2D eigenvalue weighted by molar-refractivity contribution is 9.10. The number of carbonyl (C=O) groups is 2. The van der Waals surface area contributed by atoms with Gasteiger partial charge >= 0.3 is 11.9 Å². The highest BCUT2D eigenvalue weighted by atomic mass is 79.9. The van der Waals surface area contributed by atoms with Crippen molar-refractivity contribution in [3.63, 3.8) is 0 Å². The van der Waals surface area contributed by atoms with Gasteiger partial charge in [-0.05, 0) is 30.5 Å². The van der Waals surface area contributed by atoms with Crippen molar-refractivity contribution in [2.24, 2.45) is 0 Å². The van der Waals surface area contributed by atoms with Crippen LogP contribution >= 0.6 is 15.9 Å². The fourth-order valence-electron chi connectivity index (χ4n) is 1.62. The number of carbonyl (C=O) groups excluding carboxylic acids is 2. The van der Waals surface area contributed by atoms with Crippen LogP contribution < -0.4 is 4.74 Å². The Bertz CT molecular complexity index is 472. The zero-order valence-electron chi connectivity index (χ0n) is 12.8. The third kappa shape index (κ3) is 6.93. The first kappa shape index (κ1) is 18.5. The van der Waals surface area contributed by atoms with E-state index in [4.69, 9.17) is 9.47 Å². The molecule has 0 aliphatic carbocycles. The molecule has 6 heteroatoms. The number of halogens is 1. The van der Waals surface area contributed by atoms with Crippen molar-refractivity contribution in [2.75, 3.05) is 20.3 Å². The molecule has 1 rings (SSSR count). The van der Waals surface area contributed by atoms with Gasteiger partial charge < -0.3 is 14.2 Å². The van der Waals surface area contributed by atoms with Crippen LogP contribution in [0.25, 0.3) is 0 Å². The number of unbranched alkanes of at least 4 members (excludes halogenated alkanes) is 1. The SMILES string of the molecule is CCCCOC(=O)[C@@H](Br)Cc1ccc(OCC(=O)OC)cc1. The minimum absolute atomic E-state index is 0.124. The van der Waals surface area contributed by atoms with Crippen molar-refractivity contribution in [1.82, 2.24) is 0 Å². The standard InChI is InChI=1S/C16H21BrO5/c1-3-4-9-21-16(19)14(17)10-12-5-7-13(8-6-12)22-11-15(18)20-2/h5-8,14H,3-4,9-11H2,1-2H3/t14-/m0/s1. The molecule has 0 fully saturated rings. The molecule has 0 unspecified atom stereocenters. The summed E-state index contributed by atoms with van der Waals surface area (Å²) in [4.78, 5) is 22.4. The van der Waals surface area contributed by atoms with Crippen LogP contribution in [0.1, 0.15) is 25.3 Å². The summed E-state index contributed by atoms with van der Waals surface area (Å²) in [5, 5.41) is 0. The summed E-state index contributed by atoms with van der Waals surface area (Å²) < 4.78 is 14.9. The monoisotopic (exact) mass is 372 g/mol. The Morgan fingerprint density at radius 3 is 2.50 bits per heavy atom. The average molecular weight is 373 g/mol. The van der Waals surface area contributed by atoms with Gasteiger partial charge in [0.15, 0.2) is 6.61 Å². The molecule has 0 spiro atoms. The van der Waals surface area contributed by atoms with E-state index in [-0.39, 0.29) is 17.4 Å². The lowest BCUT2D eigenvalue weighted by molar-refractivity contribution is -0.143. The van der Waals surface area contributed by atoms with Gasteiger partial charge in [0.25, 0.3) is 0 Å². The highest BCUT2D eigenvalue weighted by Gasteiger charge is 2.16. The van der Waals surface area contributed by atoms with Crippen molar-refractivity contribution in [1.29, 1.82) is 0 Å². The second-order valence-corrected chi connectivity index (χ2v) is 5.81. The number of rotatable bonds is 9. The summed E-state index contributed by atoms with van der Waals surface area (Å²) >= 11 is 3.34. The lowest BCUT2D eigenvalue weighted by Crippen LogP contribution is -2.20. The van der Waals surface area contributed by atoms with E-state index >= 15 is 0 Å². The Hall–Kier alpha value is -1.56. The van der Waals surface area contributed by atoms with Gasteiger partial charge in [0, 0.05) is 0 Å². The molecule has 1 aromatic carbocycles. The van der Waals surface area contributed by atoms with E-state index in [0.29, 0.717) is 18.8 Å². The molecule has 22 heavy (non-hydrogen) atoms. The molecule has 0 bridgehead atoms. The van der Waals surface area contributed by atoms with Crippen LogP contribution in [0.3, 0.4) is 0 Å². The summed E-state index contributed by atoms with van der Waals surface area (Å²) in [5.41, 5.74) is 0.972.